The van der Waals surface area contributed by atoms with Crippen molar-refractivity contribution in [3.05, 3.63) is 70.7 Å². The average molecular weight is 450 g/mol. The van der Waals surface area contributed by atoms with Crippen molar-refractivity contribution in [3.8, 4) is 11.3 Å². The topological polar surface area (TPSA) is 90.9 Å². The molecule has 7 heteroatoms. The summed E-state index contributed by atoms with van der Waals surface area (Å²) >= 11 is 0. The second-order valence-electron chi connectivity index (χ2n) is 9.54. The van der Waals surface area contributed by atoms with Gasteiger partial charge in [0, 0.05) is 34.6 Å². The summed E-state index contributed by atoms with van der Waals surface area (Å²) in [6, 6.07) is 13.1. The number of amidine groups is 1. The van der Waals surface area contributed by atoms with Crippen LogP contribution in [0.4, 0.5) is 5.69 Å². The van der Waals surface area contributed by atoms with Gasteiger partial charge in [0.15, 0.2) is 11.5 Å². The van der Waals surface area contributed by atoms with E-state index in [0.29, 0.717) is 12.5 Å². The number of aromatic nitrogens is 4. The highest BCUT2D eigenvalue weighted by molar-refractivity contribution is 6.14. The number of hydrogen-bond donors (Lipinski definition) is 3. The summed E-state index contributed by atoms with van der Waals surface area (Å²) in [5.41, 5.74) is 11.1. The lowest BCUT2D eigenvalue weighted by Crippen LogP contribution is -2.27. The van der Waals surface area contributed by atoms with Gasteiger partial charge in [-0.25, -0.2) is 4.98 Å². The predicted octanol–water partition coefficient (Wildman–Crippen LogP) is 4.35. The summed E-state index contributed by atoms with van der Waals surface area (Å²) < 4.78 is 0. The highest BCUT2D eigenvalue weighted by atomic mass is 15.2. The molecule has 1 fully saturated rings. The number of anilines is 1. The molecule has 170 valence electrons. The van der Waals surface area contributed by atoms with Crippen LogP contribution < -0.4 is 10.6 Å². The summed E-state index contributed by atoms with van der Waals surface area (Å²) in [5.74, 6) is 1.26. The molecule has 0 bridgehead atoms. The summed E-state index contributed by atoms with van der Waals surface area (Å²) in [4.78, 5) is 14.7. The van der Waals surface area contributed by atoms with E-state index in [-0.39, 0.29) is 0 Å². The van der Waals surface area contributed by atoms with Crippen LogP contribution in [0.1, 0.15) is 53.3 Å². The first-order chi connectivity index (χ1) is 16.8. The zero-order valence-electron chi connectivity index (χ0n) is 19.1. The highest BCUT2D eigenvalue weighted by Gasteiger charge is 2.24. The Bertz CT molecular complexity index is 1430. The van der Waals surface area contributed by atoms with Gasteiger partial charge in [0.25, 0.3) is 0 Å². The van der Waals surface area contributed by atoms with E-state index in [0.717, 1.165) is 77.6 Å². The quantitative estimate of drug-likeness (QED) is 0.433. The minimum atomic E-state index is 0.497. The molecule has 5 heterocycles. The van der Waals surface area contributed by atoms with E-state index in [1.54, 1.807) is 0 Å². The summed E-state index contributed by atoms with van der Waals surface area (Å²) in [6.45, 7) is 2.67. The number of rotatable bonds is 3. The smallest absolute Gasteiger partial charge is 0.156 e. The molecule has 2 aliphatic heterocycles. The third-order valence-corrected chi connectivity index (χ3v) is 7.49. The number of piperidine rings is 1. The van der Waals surface area contributed by atoms with Crippen LogP contribution in [0.15, 0.2) is 47.6 Å². The van der Waals surface area contributed by atoms with Crippen molar-refractivity contribution in [3.63, 3.8) is 0 Å². The van der Waals surface area contributed by atoms with Gasteiger partial charge in [-0.05, 0) is 80.6 Å². The number of benzene rings is 1. The van der Waals surface area contributed by atoms with Gasteiger partial charge < -0.3 is 10.6 Å². The largest absolute Gasteiger partial charge is 0.338 e. The Kier molecular flexibility index (Phi) is 4.68. The Labute approximate surface area is 198 Å². The van der Waals surface area contributed by atoms with Crippen molar-refractivity contribution in [1.82, 2.24) is 25.5 Å². The number of nitrogens with zero attached hydrogens (tertiary/aromatic N) is 4. The Morgan fingerprint density at radius 2 is 1.82 bits per heavy atom. The van der Waals surface area contributed by atoms with Gasteiger partial charge in [0.2, 0.25) is 0 Å². The van der Waals surface area contributed by atoms with Crippen molar-refractivity contribution < 1.29 is 0 Å². The fraction of sp³-hybridized carbons (Fsp3) is 0.333. The minimum Gasteiger partial charge on any atom is -0.338 e. The van der Waals surface area contributed by atoms with E-state index >= 15 is 0 Å². The zero-order chi connectivity index (χ0) is 22.5. The highest BCUT2D eigenvalue weighted by Crippen LogP contribution is 2.34. The van der Waals surface area contributed by atoms with E-state index in [1.807, 2.05) is 12.3 Å². The molecule has 0 amide bonds. The molecule has 3 N–H and O–H groups in total. The van der Waals surface area contributed by atoms with Crippen LogP contribution in [-0.4, -0.2) is 39.1 Å². The van der Waals surface area contributed by atoms with Crippen molar-refractivity contribution in [2.75, 3.05) is 18.4 Å². The second kappa shape index (κ2) is 8.02. The van der Waals surface area contributed by atoms with Crippen LogP contribution >= 0.6 is 0 Å². The first kappa shape index (κ1) is 19.9. The van der Waals surface area contributed by atoms with Crippen LogP contribution in [0.25, 0.3) is 22.3 Å². The van der Waals surface area contributed by atoms with Gasteiger partial charge in [0.05, 0.1) is 17.8 Å². The lowest BCUT2D eigenvalue weighted by molar-refractivity contribution is 0.454. The maximum Gasteiger partial charge on any atom is 0.156 e. The van der Waals surface area contributed by atoms with Crippen LogP contribution in [0.2, 0.25) is 0 Å². The molecule has 34 heavy (non-hydrogen) atoms. The van der Waals surface area contributed by atoms with Crippen molar-refractivity contribution in [2.24, 2.45) is 4.99 Å². The van der Waals surface area contributed by atoms with E-state index in [1.165, 1.54) is 29.5 Å². The molecule has 4 aromatic rings. The van der Waals surface area contributed by atoms with Crippen LogP contribution in [-0.2, 0) is 19.4 Å². The standard InChI is InChI=1S/C27H27N7/c1-2-16-4-5-19(14-18(16)3-1)24-20-15-30-27(32-22(20)10-13-29-24)26-25-23(33-34-26)7-6-21(31-25)17-8-11-28-12-9-17/h4-7,10,13-14,17,28H,1-3,8-9,11-12,15H2,(H,30,32)(H,33,34). The molecule has 1 aromatic carbocycles. The van der Waals surface area contributed by atoms with E-state index in [4.69, 9.17) is 15.0 Å². The Morgan fingerprint density at radius 1 is 0.912 bits per heavy atom. The third-order valence-electron chi connectivity index (χ3n) is 7.49. The number of H-pyrrole nitrogens is 1. The Morgan fingerprint density at radius 3 is 2.76 bits per heavy atom. The predicted molar refractivity (Wildman–Crippen MR) is 134 cm³/mol. The third kappa shape index (κ3) is 3.30. The maximum atomic E-state index is 5.03. The lowest BCUT2D eigenvalue weighted by atomic mass is 9.94. The molecule has 3 aliphatic rings. The minimum absolute atomic E-state index is 0.497. The number of aryl methyl sites for hydroxylation is 2. The molecular weight excluding hydrogens is 422 g/mol. The van der Waals surface area contributed by atoms with Crippen molar-refractivity contribution >= 4 is 22.6 Å². The number of fused-ring (bicyclic) bond motifs is 3. The zero-order valence-corrected chi connectivity index (χ0v) is 19.1. The molecule has 7 rings (SSSR count). The van der Waals surface area contributed by atoms with Gasteiger partial charge in [-0.2, -0.15) is 5.10 Å². The van der Waals surface area contributed by atoms with Crippen LogP contribution in [0.5, 0.6) is 0 Å². The summed E-state index contributed by atoms with van der Waals surface area (Å²) in [6.07, 6.45) is 7.73. The van der Waals surface area contributed by atoms with Crippen molar-refractivity contribution in [2.45, 2.75) is 44.6 Å². The number of aliphatic imine (C=N–C) groups is 1. The number of nitrogens with one attached hydrogen (secondary N) is 3. The Hall–Kier alpha value is -3.58. The van der Waals surface area contributed by atoms with Gasteiger partial charge >= 0.3 is 0 Å². The van der Waals surface area contributed by atoms with Crippen LogP contribution in [0.3, 0.4) is 0 Å². The molecule has 0 spiro atoms. The maximum absolute atomic E-state index is 5.03. The fourth-order valence-electron chi connectivity index (χ4n) is 5.62. The van der Waals surface area contributed by atoms with Gasteiger partial charge in [-0.1, -0.05) is 12.1 Å². The normalized spacial score (nSPS) is 17.8. The molecule has 1 aliphatic carbocycles. The first-order valence-corrected chi connectivity index (χ1v) is 12.3. The molecule has 7 nitrogen and oxygen atoms in total. The Balaban J connectivity index is 1.23. The van der Waals surface area contributed by atoms with Gasteiger partial charge in [-0.15, -0.1) is 0 Å². The second-order valence-corrected chi connectivity index (χ2v) is 9.54. The molecule has 0 unspecified atom stereocenters. The monoisotopic (exact) mass is 449 g/mol. The average Bonchev–Trinajstić information content (AvgIpc) is 3.54. The number of hydrogen-bond acceptors (Lipinski definition) is 6. The van der Waals surface area contributed by atoms with E-state index in [2.05, 4.69) is 51.2 Å². The molecule has 0 atom stereocenters. The molecule has 0 radical (unpaired) electrons. The summed E-state index contributed by atoms with van der Waals surface area (Å²) in [5, 5.41) is 14.7. The summed E-state index contributed by atoms with van der Waals surface area (Å²) in [7, 11) is 0. The van der Waals surface area contributed by atoms with Crippen molar-refractivity contribution in [1.29, 1.82) is 0 Å². The van der Waals surface area contributed by atoms with Crippen LogP contribution in [0, 0.1) is 0 Å². The van der Waals surface area contributed by atoms with E-state index < -0.39 is 0 Å². The lowest BCUT2D eigenvalue weighted by Gasteiger charge is -2.22. The molecule has 0 saturated carbocycles. The van der Waals surface area contributed by atoms with E-state index in [9.17, 15) is 0 Å². The SMILES string of the molecule is c1cc2c(c(-c3ccc4c(c3)CCC4)n1)CN=C(c1n[nH]c3ccc(C4CCNCC4)nc13)N2. The van der Waals surface area contributed by atoms with Gasteiger partial charge in [0.1, 0.15) is 5.52 Å². The molecule has 1 saturated heterocycles. The molecule has 3 aromatic heterocycles. The number of pyridine rings is 2. The van der Waals surface area contributed by atoms with Gasteiger partial charge in [-0.3, -0.25) is 15.1 Å². The first-order valence-electron chi connectivity index (χ1n) is 12.3. The number of aromatic amines is 1. The fourth-order valence-corrected chi connectivity index (χ4v) is 5.62. The molecular formula is C27H27N7.